The molecule has 0 radical (unpaired) electrons. The number of thiophene rings is 1. The van der Waals surface area contributed by atoms with Crippen molar-refractivity contribution in [2.24, 2.45) is 0 Å². The summed E-state index contributed by atoms with van der Waals surface area (Å²) in [6.07, 6.45) is 0.534. The summed E-state index contributed by atoms with van der Waals surface area (Å²) in [5, 5.41) is 2.01. The molecule has 0 aliphatic rings. The first-order valence-electron chi connectivity index (χ1n) is 8.08. The third-order valence-corrected chi connectivity index (χ3v) is 4.77. The van der Waals surface area contributed by atoms with Crippen LogP contribution in [0.2, 0.25) is 0 Å². The Morgan fingerprint density at radius 3 is 2.67 bits per heavy atom. The molecule has 0 saturated heterocycles. The van der Waals surface area contributed by atoms with Gasteiger partial charge >= 0.3 is 5.97 Å². The fraction of sp³-hybridized carbons (Fsp3) is 0.421. The first kappa shape index (κ1) is 18.5. The van der Waals surface area contributed by atoms with Gasteiger partial charge in [0.1, 0.15) is 11.3 Å². The van der Waals surface area contributed by atoms with Crippen LogP contribution in [0.15, 0.2) is 35.7 Å². The van der Waals surface area contributed by atoms with Crippen LogP contribution >= 0.6 is 11.3 Å². The lowest BCUT2D eigenvalue weighted by Gasteiger charge is -2.18. The molecule has 1 aromatic carbocycles. The molecule has 2 unspecified atom stereocenters. The number of carbonyl (C=O) groups excluding carboxylic acids is 1. The average molecular weight is 348 g/mol. The molecule has 0 amide bonds. The zero-order chi connectivity index (χ0) is 17.5. The Balaban J connectivity index is 2.11. The summed E-state index contributed by atoms with van der Waals surface area (Å²) < 4.78 is 16.4. The van der Waals surface area contributed by atoms with Gasteiger partial charge in [-0.25, -0.2) is 4.79 Å². The molecule has 0 N–H and O–H groups in total. The fourth-order valence-corrected chi connectivity index (χ4v) is 2.89. The SMILES string of the molecule is CCC(C)c1ccc(OC(C)OCc2cccs2)c(C(=O)OC)c1. The number of benzene rings is 1. The highest BCUT2D eigenvalue weighted by Gasteiger charge is 2.18. The Bertz CT molecular complexity index is 651. The van der Waals surface area contributed by atoms with E-state index >= 15 is 0 Å². The van der Waals surface area contributed by atoms with Crippen molar-refractivity contribution in [3.8, 4) is 5.75 Å². The molecule has 4 nitrogen and oxygen atoms in total. The van der Waals surface area contributed by atoms with Crippen molar-refractivity contribution in [1.29, 1.82) is 0 Å². The van der Waals surface area contributed by atoms with Gasteiger partial charge in [-0.2, -0.15) is 0 Å². The Kier molecular flexibility index (Phi) is 6.82. The lowest BCUT2D eigenvalue weighted by molar-refractivity contribution is -0.0754. The molecule has 0 aliphatic carbocycles. The van der Waals surface area contributed by atoms with E-state index in [2.05, 4.69) is 13.8 Å². The molecule has 0 aliphatic heterocycles. The lowest BCUT2D eigenvalue weighted by Crippen LogP contribution is -2.18. The third-order valence-electron chi connectivity index (χ3n) is 3.92. The van der Waals surface area contributed by atoms with Crippen LogP contribution in [0.5, 0.6) is 5.75 Å². The number of ether oxygens (including phenoxy) is 3. The van der Waals surface area contributed by atoms with Crippen molar-refractivity contribution in [2.75, 3.05) is 7.11 Å². The first-order valence-corrected chi connectivity index (χ1v) is 8.96. The summed E-state index contributed by atoms with van der Waals surface area (Å²) in [6.45, 7) is 6.55. The van der Waals surface area contributed by atoms with Crippen molar-refractivity contribution < 1.29 is 19.0 Å². The van der Waals surface area contributed by atoms with Crippen LogP contribution in [-0.4, -0.2) is 19.4 Å². The van der Waals surface area contributed by atoms with Gasteiger partial charge in [-0.05, 0) is 48.4 Å². The highest BCUT2D eigenvalue weighted by atomic mass is 32.1. The van der Waals surface area contributed by atoms with Crippen LogP contribution in [0, 0.1) is 0 Å². The van der Waals surface area contributed by atoms with Crippen LogP contribution in [0.1, 0.15) is 53.9 Å². The van der Waals surface area contributed by atoms with Gasteiger partial charge in [-0.3, -0.25) is 0 Å². The van der Waals surface area contributed by atoms with E-state index in [1.807, 2.05) is 42.6 Å². The minimum Gasteiger partial charge on any atom is -0.465 e. The molecular weight excluding hydrogens is 324 g/mol. The van der Waals surface area contributed by atoms with Crippen LogP contribution in [0.3, 0.4) is 0 Å². The maximum Gasteiger partial charge on any atom is 0.341 e. The van der Waals surface area contributed by atoms with Crippen molar-refractivity contribution in [1.82, 2.24) is 0 Å². The smallest absolute Gasteiger partial charge is 0.341 e. The predicted octanol–water partition coefficient (Wildman–Crippen LogP) is 4.99. The molecule has 0 bridgehead atoms. The molecule has 2 aromatic rings. The molecule has 5 heteroatoms. The quantitative estimate of drug-likeness (QED) is 0.498. The van der Waals surface area contributed by atoms with E-state index in [9.17, 15) is 4.79 Å². The zero-order valence-electron chi connectivity index (χ0n) is 14.6. The lowest BCUT2D eigenvalue weighted by atomic mass is 9.96. The summed E-state index contributed by atoms with van der Waals surface area (Å²) in [5.41, 5.74) is 1.53. The number of methoxy groups -OCH3 is 1. The van der Waals surface area contributed by atoms with E-state index < -0.39 is 12.3 Å². The molecule has 1 aromatic heterocycles. The number of hydrogen-bond acceptors (Lipinski definition) is 5. The van der Waals surface area contributed by atoms with Crippen molar-refractivity contribution >= 4 is 17.3 Å². The summed E-state index contributed by atoms with van der Waals surface area (Å²) in [4.78, 5) is 13.2. The molecule has 2 atom stereocenters. The highest BCUT2D eigenvalue weighted by Crippen LogP contribution is 2.27. The summed E-state index contributed by atoms with van der Waals surface area (Å²) in [6, 6.07) is 9.65. The fourth-order valence-electron chi connectivity index (χ4n) is 2.27. The molecule has 24 heavy (non-hydrogen) atoms. The Labute approximate surface area is 147 Å². The van der Waals surface area contributed by atoms with E-state index in [-0.39, 0.29) is 0 Å². The number of esters is 1. The highest BCUT2D eigenvalue weighted by molar-refractivity contribution is 7.09. The van der Waals surface area contributed by atoms with Crippen LogP contribution in [0.4, 0.5) is 0 Å². The van der Waals surface area contributed by atoms with E-state index in [1.54, 1.807) is 11.3 Å². The van der Waals surface area contributed by atoms with Crippen molar-refractivity contribution in [2.45, 2.75) is 46.0 Å². The van der Waals surface area contributed by atoms with Crippen LogP contribution in [-0.2, 0) is 16.1 Å². The van der Waals surface area contributed by atoms with Crippen molar-refractivity contribution in [3.63, 3.8) is 0 Å². The number of carbonyl (C=O) groups is 1. The van der Waals surface area contributed by atoms with E-state index in [4.69, 9.17) is 14.2 Å². The minimum absolute atomic E-state index is 0.370. The average Bonchev–Trinajstić information content (AvgIpc) is 3.12. The normalized spacial score (nSPS) is 13.3. The van der Waals surface area contributed by atoms with Gasteiger partial charge in [0.15, 0.2) is 6.29 Å². The Hall–Kier alpha value is -1.85. The molecule has 1 heterocycles. The number of hydrogen-bond donors (Lipinski definition) is 0. The standard InChI is InChI=1S/C19H24O4S/c1-5-13(2)15-8-9-18(17(11-15)19(20)21-4)23-14(3)22-12-16-7-6-10-24-16/h6-11,13-14H,5,12H2,1-4H3. The molecule has 130 valence electrons. The zero-order valence-corrected chi connectivity index (χ0v) is 15.4. The molecular formula is C19H24O4S. The second-order valence-electron chi connectivity index (χ2n) is 5.63. The summed E-state index contributed by atoms with van der Waals surface area (Å²) >= 11 is 1.64. The maximum atomic E-state index is 12.1. The Morgan fingerprint density at radius 2 is 2.04 bits per heavy atom. The van der Waals surface area contributed by atoms with E-state index in [0.717, 1.165) is 16.9 Å². The van der Waals surface area contributed by atoms with Crippen LogP contribution < -0.4 is 4.74 Å². The van der Waals surface area contributed by atoms with Crippen LogP contribution in [0.25, 0.3) is 0 Å². The van der Waals surface area contributed by atoms with Gasteiger partial charge < -0.3 is 14.2 Å². The number of rotatable bonds is 8. The van der Waals surface area contributed by atoms with Gasteiger partial charge in [-0.15, -0.1) is 11.3 Å². The van der Waals surface area contributed by atoms with Gasteiger partial charge in [0.2, 0.25) is 0 Å². The summed E-state index contributed by atoms with van der Waals surface area (Å²) in [7, 11) is 1.37. The predicted molar refractivity (Wildman–Crippen MR) is 95.7 cm³/mol. The second-order valence-corrected chi connectivity index (χ2v) is 6.66. The topological polar surface area (TPSA) is 44.8 Å². The van der Waals surface area contributed by atoms with Gasteiger partial charge in [0, 0.05) is 4.88 Å². The largest absolute Gasteiger partial charge is 0.465 e. The van der Waals surface area contributed by atoms with Gasteiger partial charge in [-0.1, -0.05) is 26.0 Å². The van der Waals surface area contributed by atoms with E-state index in [1.165, 1.54) is 7.11 Å². The van der Waals surface area contributed by atoms with Gasteiger partial charge in [0.25, 0.3) is 0 Å². The van der Waals surface area contributed by atoms with Gasteiger partial charge in [0.05, 0.1) is 13.7 Å². The second kappa shape index (κ2) is 8.85. The van der Waals surface area contributed by atoms with E-state index in [0.29, 0.717) is 23.8 Å². The third kappa shape index (κ3) is 4.82. The monoisotopic (exact) mass is 348 g/mol. The maximum absolute atomic E-state index is 12.1. The van der Waals surface area contributed by atoms with Crippen molar-refractivity contribution in [3.05, 3.63) is 51.7 Å². The Morgan fingerprint density at radius 1 is 1.25 bits per heavy atom. The molecule has 0 spiro atoms. The summed E-state index contributed by atoms with van der Waals surface area (Å²) in [5.74, 6) is 0.447. The molecule has 0 fully saturated rings. The molecule has 2 rings (SSSR count). The first-order chi connectivity index (χ1) is 11.5. The minimum atomic E-state index is -0.468. The molecule has 0 saturated carbocycles.